The van der Waals surface area contributed by atoms with Crippen LogP contribution in [0.1, 0.15) is 32.6 Å². The number of hydrogen-bond acceptors (Lipinski definition) is 3. The Kier molecular flexibility index (Phi) is 5.48. The van der Waals surface area contributed by atoms with Crippen LogP contribution in [0.2, 0.25) is 0 Å². The summed E-state index contributed by atoms with van der Waals surface area (Å²) in [6, 6.07) is 1.36. The first kappa shape index (κ1) is 14.3. The van der Waals surface area contributed by atoms with E-state index in [2.05, 4.69) is 12.2 Å². The molecule has 6 heteroatoms. The van der Waals surface area contributed by atoms with Crippen LogP contribution in [-0.4, -0.2) is 11.5 Å². The molecule has 0 radical (unpaired) electrons. The van der Waals surface area contributed by atoms with Crippen LogP contribution in [0.3, 0.4) is 0 Å². The van der Waals surface area contributed by atoms with Crippen molar-refractivity contribution in [2.45, 2.75) is 32.6 Å². The number of hydrogen-bond donors (Lipinski definition) is 1. The SMILES string of the molecule is CCCCCCNc1c(F)cc(F)cc1[N+](=O)[O-]. The van der Waals surface area contributed by atoms with E-state index in [1.807, 2.05) is 0 Å². The first-order valence-electron chi connectivity index (χ1n) is 5.93. The van der Waals surface area contributed by atoms with Crippen molar-refractivity contribution in [3.8, 4) is 0 Å². The van der Waals surface area contributed by atoms with Crippen molar-refractivity contribution in [3.05, 3.63) is 33.9 Å². The normalized spacial score (nSPS) is 10.4. The molecule has 0 bridgehead atoms. The second-order valence-corrected chi connectivity index (χ2v) is 4.03. The third kappa shape index (κ3) is 3.94. The van der Waals surface area contributed by atoms with Crippen molar-refractivity contribution in [2.24, 2.45) is 0 Å². The van der Waals surface area contributed by atoms with Crippen LogP contribution in [-0.2, 0) is 0 Å². The monoisotopic (exact) mass is 258 g/mol. The van der Waals surface area contributed by atoms with E-state index in [1.54, 1.807) is 0 Å². The quantitative estimate of drug-likeness (QED) is 0.459. The Morgan fingerprint density at radius 2 is 2.00 bits per heavy atom. The number of halogens is 2. The van der Waals surface area contributed by atoms with Gasteiger partial charge < -0.3 is 5.32 Å². The van der Waals surface area contributed by atoms with Crippen molar-refractivity contribution in [3.63, 3.8) is 0 Å². The molecule has 0 saturated carbocycles. The van der Waals surface area contributed by atoms with Crippen LogP contribution in [0.25, 0.3) is 0 Å². The molecule has 0 aliphatic heterocycles. The summed E-state index contributed by atoms with van der Waals surface area (Å²) in [7, 11) is 0. The first-order valence-corrected chi connectivity index (χ1v) is 5.93. The maximum absolute atomic E-state index is 13.4. The predicted octanol–water partition coefficient (Wildman–Crippen LogP) is 3.87. The van der Waals surface area contributed by atoms with E-state index < -0.39 is 22.2 Å². The van der Waals surface area contributed by atoms with Gasteiger partial charge in [-0.15, -0.1) is 0 Å². The smallest absolute Gasteiger partial charge is 0.298 e. The third-order valence-corrected chi connectivity index (χ3v) is 2.56. The maximum Gasteiger partial charge on any atom is 0.298 e. The van der Waals surface area contributed by atoms with Gasteiger partial charge in [0.1, 0.15) is 11.5 Å². The Balaban J connectivity index is 2.71. The van der Waals surface area contributed by atoms with Gasteiger partial charge in [-0.3, -0.25) is 10.1 Å². The van der Waals surface area contributed by atoms with Crippen molar-refractivity contribution in [2.75, 3.05) is 11.9 Å². The molecule has 1 N–H and O–H groups in total. The zero-order valence-corrected chi connectivity index (χ0v) is 10.2. The summed E-state index contributed by atoms with van der Waals surface area (Å²) < 4.78 is 26.3. The average molecular weight is 258 g/mol. The van der Waals surface area contributed by atoms with Crippen LogP contribution >= 0.6 is 0 Å². The van der Waals surface area contributed by atoms with Crippen molar-refractivity contribution < 1.29 is 13.7 Å². The third-order valence-electron chi connectivity index (χ3n) is 2.56. The molecule has 1 aromatic carbocycles. The fourth-order valence-electron chi connectivity index (χ4n) is 1.64. The Hall–Kier alpha value is -1.72. The molecular weight excluding hydrogens is 242 g/mol. The highest BCUT2D eigenvalue weighted by Crippen LogP contribution is 2.28. The van der Waals surface area contributed by atoms with E-state index >= 15 is 0 Å². The van der Waals surface area contributed by atoms with Crippen LogP contribution < -0.4 is 5.32 Å². The molecule has 0 aromatic heterocycles. The number of nitro benzene ring substituents is 1. The summed E-state index contributed by atoms with van der Waals surface area (Å²) in [6.45, 7) is 2.50. The molecule has 18 heavy (non-hydrogen) atoms. The second-order valence-electron chi connectivity index (χ2n) is 4.03. The number of rotatable bonds is 7. The Morgan fingerprint density at radius 3 is 2.61 bits per heavy atom. The Labute approximate surface area is 104 Å². The molecule has 0 amide bonds. The fraction of sp³-hybridized carbons (Fsp3) is 0.500. The summed E-state index contributed by atoms with van der Waals surface area (Å²) in [6.07, 6.45) is 3.91. The highest BCUT2D eigenvalue weighted by Gasteiger charge is 2.19. The van der Waals surface area contributed by atoms with E-state index in [0.29, 0.717) is 12.6 Å². The lowest BCUT2D eigenvalue weighted by Crippen LogP contribution is -2.07. The van der Waals surface area contributed by atoms with Crippen molar-refractivity contribution >= 4 is 11.4 Å². The molecule has 4 nitrogen and oxygen atoms in total. The number of anilines is 1. The lowest BCUT2D eigenvalue weighted by atomic mass is 10.2. The Morgan fingerprint density at radius 1 is 1.28 bits per heavy atom. The van der Waals surface area contributed by atoms with Gasteiger partial charge in [0.25, 0.3) is 5.69 Å². The number of nitrogens with zero attached hydrogens (tertiary/aromatic N) is 1. The molecule has 0 aliphatic rings. The van der Waals surface area contributed by atoms with Gasteiger partial charge in [0.2, 0.25) is 0 Å². The Bertz CT molecular complexity index is 425. The van der Waals surface area contributed by atoms with Crippen molar-refractivity contribution in [1.29, 1.82) is 0 Å². The number of nitrogens with one attached hydrogen (secondary N) is 1. The average Bonchev–Trinajstić information content (AvgIpc) is 2.30. The standard InChI is InChI=1S/C12H16F2N2O2/c1-2-3-4-5-6-15-12-10(14)7-9(13)8-11(12)16(17)18/h7-8,15H,2-6H2,1H3. The van der Waals surface area contributed by atoms with Crippen LogP contribution in [0.5, 0.6) is 0 Å². The van der Waals surface area contributed by atoms with E-state index in [4.69, 9.17) is 0 Å². The summed E-state index contributed by atoms with van der Waals surface area (Å²) in [5, 5.41) is 13.4. The van der Waals surface area contributed by atoms with Gasteiger partial charge in [-0.2, -0.15) is 0 Å². The summed E-state index contributed by atoms with van der Waals surface area (Å²) in [5.74, 6) is -1.88. The van der Waals surface area contributed by atoms with Gasteiger partial charge in [-0.1, -0.05) is 26.2 Å². The zero-order chi connectivity index (χ0) is 13.5. The topological polar surface area (TPSA) is 55.2 Å². The van der Waals surface area contributed by atoms with E-state index in [-0.39, 0.29) is 5.69 Å². The summed E-state index contributed by atoms with van der Waals surface area (Å²) in [5.41, 5.74) is -0.805. The van der Waals surface area contributed by atoms with Crippen LogP contribution in [0.4, 0.5) is 20.2 Å². The minimum atomic E-state index is -0.948. The first-order chi connectivity index (χ1) is 8.56. The molecule has 0 aliphatic carbocycles. The van der Waals surface area contributed by atoms with Gasteiger partial charge in [-0.25, -0.2) is 8.78 Å². The second kappa shape index (κ2) is 6.88. The van der Waals surface area contributed by atoms with Gasteiger partial charge in [0.15, 0.2) is 5.82 Å². The number of nitro groups is 1. The summed E-state index contributed by atoms with van der Waals surface area (Å²) >= 11 is 0. The minimum Gasteiger partial charge on any atom is -0.377 e. The highest BCUT2D eigenvalue weighted by atomic mass is 19.1. The molecule has 0 spiro atoms. The molecule has 1 rings (SSSR count). The van der Waals surface area contributed by atoms with Gasteiger partial charge in [0.05, 0.1) is 11.0 Å². The highest BCUT2D eigenvalue weighted by molar-refractivity contribution is 5.62. The molecule has 0 atom stereocenters. The van der Waals surface area contributed by atoms with E-state index in [1.165, 1.54) is 0 Å². The molecule has 0 heterocycles. The molecule has 1 aromatic rings. The predicted molar refractivity (Wildman–Crippen MR) is 65.6 cm³/mol. The van der Waals surface area contributed by atoms with Gasteiger partial charge in [0, 0.05) is 12.6 Å². The molecular formula is C12H16F2N2O2. The molecule has 0 saturated heterocycles. The summed E-state index contributed by atoms with van der Waals surface area (Å²) in [4.78, 5) is 9.90. The lowest BCUT2D eigenvalue weighted by molar-refractivity contribution is -0.384. The molecule has 0 fully saturated rings. The van der Waals surface area contributed by atoms with Crippen LogP contribution in [0.15, 0.2) is 12.1 Å². The van der Waals surface area contributed by atoms with E-state index in [0.717, 1.165) is 31.7 Å². The number of unbranched alkanes of at least 4 members (excludes halogenated alkanes) is 3. The maximum atomic E-state index is 13.4. The number of benzene rings is 1. The largest absolute Gasteiger partial charge is 0.377 e. The lowest BCUT2D eigenvalue weighted by Gasteiger charge is -2.08. The molecule has 0 unspecified atom stereocenters. The molecule has 100 valence electrons. The van der Waals surface area contributed by atoms with Crippen molar-refractivity contribution in [1.82, 2.24) is 0 Å². The fourth-order valence-corrected chi connectivity index (χ4v) is 1.64. The zero-order valence-electron chi connectivity index (χ0n) is 10.2. The van der Waals surface area contributed by atoms with Gasteiger partial charge in [-0.05, 0) is 6.42 Å². The van der Waals surface area contributed by atoms with Gasteiger partial charge >= 0.3 is 0 Å². The van der Waals surface area contributed by atoms with E-state index in [9.17, 15) is 18.9 Å². The minimum absolute atomic E-state index is 0.238. The van der Waals surface area contributed by atoms with Crippen LogP contribution in [0, 0.1) is 21.7 Å².